The predicted octanol–water partition coefficient (Wildman–Crippen LogP) is 0.741. The minimum atomic E-state index is -0.367. The summed E-state index contributed by atoms with van der Waals surface area (Å²) < 4.78 is 9.66. The predicted molar refractivity (Wildman–Crippen MR) is 61.3 cm³/mol. The molecule has 0 aromatic heterocycles. The van der Waals surface area contributed by atoms with E-state index in [-0.39, 0.29) is 18.9 Å². The van der Waals surface area contributed by atoms with Gasteiger partial charge in [-0.05, 0) is 17.2 Å². The van der Waals surface area contributed by atoms with Gasteiger partial charge in [-0.15, -0.1) is 0 Å². The van der Waals surface area contributed by atoms with E-state index in [4.69, 9.17) is 15.7 Å². The van der Waals surface area contributed by atoms with Crippen LogP contribution in [-0.4, -0.2) is 20.2 Å². The fraction of sp³-hybridized carbons (Fsp3) is 0.333. The van der Waals surface area contributed by atoms with Crippen molar-refractivity contribution in [3.63, 3.8) is 0 Å². The maximum absolute atomic E-state index is 11.2. The molecule has 0 saturated heterocycles. The van der Waals surface area contributed by atoms with Gasteiger partial charge in [-0.2, -0.15) is 5.26 Å². The molecule has 0 unspecified atom stereocenters. The minimum absolute atomic E-state index is 0.0989. The molecule has 5 heteroatoms. The van der Waals surface area contributed by atoms with Gasteiger partial charge in [0, 0.05) is 6.54 Å². The second kappa shape index (κ2) is 5.87. The van der Waals surface area contributed by atoms with Crippen molar-refractivity contribution in [3.05, 3.63) is 28.8 Å². The van der Waals surface area contributed by atoms with Crippen LogP contribution in [-0.2, 0) is 22.5 Å². The monoisotopic (exact) mass is 234 g/mol. The van der Waals surface area contributed by atoms with E-state index in [0.717, 1.165) is 0 Å². The third-order valence-electron chi connectivity index (χ3n) is 2.47. The van der Waals surface area contributed by atoms with Crippen LogP contribution in [0, 0.1) is 11.3 Å². The molecule has 0 amide bonds. The van der Waals surface area contributed by atoms with Crippen LogP contribution in [0.25, 0.3) is 0 Å². The molecule has 1 aromatic rings. The Kier molecular flexibility index (Phi) is 4.49. The van der Waals surface area contributed by atoms with Crippen LogP contribution >= 0.6 is 0 Å². The summed E-state index contributed by atoms with van der Waals surface area (Å²) in [4.78, 5) is 11.2. The van der Waals surface area contributed by atoms with Crippen molar-refractivity contribution in [1.29, 1.82) is 5.26 Å². The Bertz CT molecular complexity index is 464. The van der Waals surface area contributed by atoms with Crippen LogP contribution in [0.1, 0.15) is 16.7 Å². The Labute approximate surface area is 99.7 Å². The molecule has 0 saturated carbocycles. The highest BCUT2D eigenvalue weighted by atomic mass is 16.5. The van der Waals surface area contributed by atoms with Gasteiger partial charge in [-0.3, -0.25) is 4.79 Å². The first-order chi connectivity index (χ1) is 8.17. The van der Waals surface area contributed by atoms with Gasteiger partial charge in [0.25, 0.3) is 0 Å². The summed E-state index contributed by atoms with van der Waals surface area (Å²) in [5.41, 5.74) is 7.29. The number of nitrogens with zero attached hydrogens (tertiary/aromatic N) is 1. The smallest absolute Gasteiger partial charge is 0.309 e. The van der Waals surface area contributed by atoms with Crippen molar-refractivity contribution >= 4 is 5.97 Å². The van der Waals surface area contributed by atoms with E-state index >= 15 is 0 Å². The van der Waals surface area contributed by atoms with E-state index in [0.29, 0.717) is 22.4 Å². The van der Waals surface area contributed by atoms with Gasteiger partial charge >= 0.3 is 5.97 Å². The van der Waals surface area contributed by atoms with E-state index in [1.807, 2.05) is 6.07 Å². The number of rotatable bonds is 4. The molecule has 2 N–H and O–H groups in total. The summed E-state index contributed by atoms with van der Waals surface area (Å²) in [6, 6.07) is 5.41. The second-order valence-corrected chi connectivity index (χ2v) is 3.35. The zero-order chi connectivity index (χ0) is 12.8. The van der Waals surface area contributed by atoms with Crippen molar-refractivity contribution in [2.45, 2.75) is 13.0 Å². The number of methoxy groups -OCH3 is 2. The number of nitrogens with two attached hydrogens (primary N) is 1. The van der Waals surface area contributed by atoms with Crippen molar-refractivity contribution in [1.82, 2.24) is 0 Å². The number of carbonyl (C=O) groups excluding carboxylic acids is 1. The first-order valence-corrected chi connectivity index (χ1v) is 5.03. The quantitative estimate of drug-likeness (QED) is 0.776. The number of hydrogen-bond acceptors (Lipinski definition) is 5. The third kappa shape index (κ3) is 2.74. The lowest BCUT2D eigenvalue weighted by atomic mass is 9.98. The summed E-state index contributed by atoms with van der Waals surface area (Å²) in [6.07, 6.45) is 0.0989. The van der Waals surface area contributed by atoms with Gasteiger partial charge in [-0.1, -0.05) is 6.07 Å². The normalized spacial score (nSPS) is 9.53. The highest BCUT2D eigenvalue weighted by Gasteiger charge is 2.15. The molecule has 0 fully saturated rings. The van der Waals surface area contributed by atoms with Gasteiger partial charge < -0.3 is 15.2 Å². The molecule has 1 rings (SSSR count). The molecule has 0 aliphatic heterocycles. The topological polar surface area (TPSA) is 85.3 Å². The van der Waals surface area contributed by atoms with E-state index in [1.165, 1.54) is 14.2 Å². The van der Waals surface area contributed by atoms with Crippen molar-refractivity contribution in [3.8, 4) is 11.8 Å². The lowest BCUT2D eigenvalue weighted by molar-refractivity contribution is -0.139. The molecule has 5 nitrogen and oxygen atoms in total. The average Bonchev–Trinajstić information content (AvgIpc) is 2.37. The standard InChI is InChI=1S/C12H14N2O3/c1-16-11-4-3-8(5-12(15)17-2)9(6-13)10(11)7-14/h3-4H,5-6,13H2,1-2H3. The molecule has 0 aliphatic rings. The first-order valence-electron chi connectivity index (χ1n) is 5.03. The van der Waals surface area contributed by atoms with Gasteiger partial charge in [-0.25, -0.2) is 0 Å². The van der Waals surface area contributed by atoms with Crippen LogP contribution < -0.4 is 10.5 Å². The molecular weight excluding hydrogens is 220 g/mol. The highest BCUT2D eigenvalue weighted by molar-refractivity contribution is 5.73. The van der Waals surface area contributed by atoms with Crippen LogP contribution in [0.15, 0.2) is 12.1 Å². The molecular formula is C12H14N2O3. The van der Waals surface area contributed by atoms with E-state index in [1.54, 1.807) is 12.1 Å². The lowest BCUT2D eigenvalue weighted by Crippen LogP contribution is -2.11. The maximum atomic E-state index is 11.2. The molecule has 1 aromatic carbocycles. The molecule has 17 heavy (non-hydrogen) atoms. The summed E-state index contributed by atoms with van der Waals surface area (Å²) in [7, 11) is 2.80. The largest absolute Gasteiger partial charge is 0.495 e. The van der Waals surface area contributed by atoms with Gasteiger partial charge in [0.05, 0.1) is 26.2 Å². The summed E-state index contributed by atoms with van der Waals surface area (Å²) >= 11 is 0. The van der Waals surface area contributed by atoms with Gasteiger partial charge in [0.1, 0.15) is 11.8 Å². The molecule has 0 heterocycles. The Balaban J connectivity index is 3.24. The van der Waals surface area contributed by atoms with Crippen molar-refractivity contribution in [2.75, 3.05) is 14.2 Å². The summed E-state index contributed by atoms with van der Waals surface area (Å²) in [5.74, 6) is 0.0929. The highest BCUT2D eigenvalue weighted by Crippen LogP contribution is 2.25. The summed E-state index contributed by atoms with van der Waals surface area (Å²) in [5, 5.41) is 9.08. The van der Waals surface area contributed by atoms with E-state index in [2.05, 4.69) is 4.74 Å². The fourth-order valence-corrected chi connectivity index (χ4v) is 1.59. The molecule has 0 bridgehead atoms. The number of hydrogen-bond donors (Lipinski definition) is 1. The molecule has 0 radical (unpaired) electrons. The zero-order valence-corrected chi connectivity index (χ0v) is 9.82. The molecule has 0 spiro atoms. The number of ether oxygens (including phenoxy) is 2. The Morgan fingerprint density at radius 2 is 2.18 bits per heavy atom. The molecule has 0 aliphatic carbocycles. The van der Waals surface area contributed by atoms with E-state index < -0.39 is 0 Å². The van der Waals surface area contributed by atoms with Crippen LogP contribution in [0.5, 0.6) is 5.75 Å². The number of esters is 1. The number of benzene rings is 1. The Hall–Kier alpha value is -2.06. The zero-order valence-electron chi connectivity index (χ0n) is 9.82. The maximum Gasteiger partial charge on any atom is 0.309 e. The number of nitriles is 1. The lowest BCUT2D eigenvalue weighted by Gasteiger charge is -2.11. The van der Waals surface area contributed by atoms with Gasteiger partial charge in [0.2, 0.25) is 0 Å². The average molecular weight is 234 g/mol. The molecule has 0 atom stereocenters. The van der Waals surface area contributed by atoms with Crippen molar-refractivity contribution in [2.24, 2.45) is 5.73 Å². The SMILES string of the molecule is COC(=O)Cc1ccc(OC)c(C#N)c1CN. The van der Waals surface area contributed by atoms with Gasteiger partial charge in [0.15, 0.2) is 0 Å². The number of carbonyl (C=O) groups is 1. The minimum Gasteiger partial charge on any atom is -0.495 e. The van der Waals surface area contributed by atoms with Crippen LogP contribution in [0.4, 0.5) is 0 Å². The van der Waals surface area contributed by atoms with Crippen LogP contribution in [0.3, 0.4) is 0 Å². The fourth-order valence-electron chi connectivity index (χ4n) is 1.59. The third-order valence-corrected chi connectivity index (χ3v) is 2.47. The first kappa shape index (κ1) is 13.0. The summed E-state index contributed by atoms with van der Waals surface area (Å²) in [6.45, 7) is 0.173. The Morgan fingerprint density at radius 1 is 1.47 bits per heavy atom. The molecule has 90 valence electrons. The van der Waals surface area contributed by atoms with Crippen LogP contribution in [0.2, 0.25) is 0 Å². The Morgan fingerprint density at radius 3 is 2.65 bits per heavy atom. The van der Waals surface area contributed by atoms with Crippen molar-refractivity contribution < 1.29 is 14.3 Å². The second-order valence-electron chi connectivity index (χ2n) is 3.35. The van der Waals surface area contributed by atoms with E-state index in [9.17, 15) is 4.79 Å².